The van der Waals surface area contributed by atoms with E-state index in [0.717, 1.165) is 25.1 Å². The Kier molecular flexibility index (Phi) is 12.4. The summed E-state index contributed by atoms with van der Waals surface area (Å²) in [5.41, 5.74) is 2.18. The number of nitrogens with zero attached hydrogens (tertiary/aromatic N) is 3. The van der Waals surface area contributed by atoms with Crippen LogP contribution in [0.5, 0.6) is 0 Å². The van der Waals surface area contributed by atoms with Crippen LogP contribution in [-0.2, 0) is 11.3 Å². The van der Waals surface area contributed by atoms with Crippen molar-refractivity contribution in [3.63, 3.8) is 0 Å². The van der Waals surface area contributed by atoms with Crippen LogP contribution in [0.1, 0.15) is 12.0 Å². The molecule has 0 saturated carbocycles. The van der Waals surface area contributed by atoms with Crippen LogP contribution in [0, 0.1) is 10.1 Å². The lowest BCUT2D eigenvalue weighted by molar-refractivity contribution is -0.384. The van der Waals surface area contributed by atoms with Crippen molar-refractivity contribution in [2.45, 2.75) is 13.0 Å². The summed E-state index contributed by atoms with van der Waals surface area (Å²) >= 11 is 0. The number of rotatable bonds is 11. The summed E-state index contributed by atoms with van der Waals surface area (Å²) in [5.74, 6) is 0.697. The smallest absolute Gasteiger partial charge is 0.269 e. The Morgan fingerprint density at radius 1 is 1.10 bits per heavy atom. The molecular weight excluding hydrogens is 497 g/mol. The van der Waals surface area contributed by atoms with Crippen molar-refractivity contribution in [2.24, 2.45) is 4.99 Å². The van der Waals surface area contributed by atoms with Crippen molar-refractivity contribution in [3.05, 3.63) is 70.3 Å². The van der Waals surface area contributed by atoms with Crippen molar-refractivity contribution < 1.29 is 9.66 Å². The van der Waals surface area contributed by atoms with Gasteiger partial charge in [0.2, 0.25) is 0 Å². The van der Waals surface area contributed by atoms with E-state index in [1.165, 1.54) is 17.8 Å². The predicted octanol–water partition coefficient (Wildman–Crippen LogP) is 3.42. The third-order valence-corrected chi connectivity index (χ3v) is 4.33. The van der Waals surface area contributed by atoms with E-state index in [2.05, 4.69) is 39.7 Å². The Morgan fingerprint density at radius 3 is 2.40 bits per heavy atom. The van der Waals surface area contributed by atoms with Gasteiger partial charge < -0.3 is 20.3 Å². The Hall–Kier alpha value is -2.40. The SMILES string of the molecule is COCCNC(=NCc1ccc([N+](=O)[O-])cc1)NCCCN(C)c1ccccc1.I. The number of nitro groups is 1. The number of methoxy groups -OCH3 is 1. The molecule has 2 rings (SSSR count). The van der Waals surface area contributed by atoms with Gasteiger partial charge in [0, 0.05) is 51.6 Å². The quantitative estimate of drug-likeness (QED) is 0.116. The molecule has 0 fully saturated rings. The Balaban J connectivity index is 0.00000450. The molecule has 0 spiro atoms. The number of nitro benzene ring substituents is 1. The average Bonchev–Trinajstić information content (AvgIpc) is 2.75. The van der Waals surface area contributed by atoms with E-state index in [1.54, 1.807) is 19.2 Å². The highest BCUT2D eigenvalue weighted by Gasteiger charge is 2.05. The number of benzene rings is 2. The number of para-hydroxylation sites is 1. The van der Waals surface area contributed by atoms with Gasteiger partial charge in [-0.3, -0.25) is 10.1 Å². The van der Waals surface area contributed by atoms with Gasteiger partial charge in [0.05, 0.1) is 18.1 Å². The van der Waals surface area contributed by atoms with E-state index < -0.39 is 4.92 Å². The van der Waals surface area contributed by atoms with Crippen LogP contribution in [-0.4, -0.2) is 51.3 Å². The van der Waals surface area contributed by atoms with E-state index in [0.29, 0.717) is 25.7 Å². The molecule has 2 N–H and O–H groups in total. The number of halogens is 1. The van der Waals surface area contributed by atoms with Gasteiger partial charge in [0.15, 0.2) is 5.96 Å². The van der Waals surface area contributed by atoms with Gasteiger partial charge in [-0.05, 0) is 24.1 Å². The zero-order valence-electron chi connectivity index (χ0n) is 17.4. The molecule has 0 amide bonds. The number of hydrogen-bond acceptors (Lipinski definition) is 5. The van der Waals surface area contributed by atoms with Crippen LogP contribution in [0.2, 0.25) is 0 Å². The van der Waals surface area contributed by atoms with E-state index >= 15 is 0 Å². The molecule has 8 nitrogen and oxygen atoms in total. The first-order valence-electron chi connectivity index (χ1n) is 9.61. The fourth-order valence-electron chi connectivity index (χ4n) is 2.67. The molecule has 2 aromatic rings. The van der Waals surface area contributed by atoms with Crippen molar-refractivity contribution in [2.75, 3.05) is 45.3 Å². The lowest BCUT2D eigenvalue weighted by Gasteiger charge is -2.19. The maximum absolute atomic E-state index is 10.8. The molecule has 0 unspecified atom stereocenters. The lowest BCUT2D eigenvalue weighted by atomic mass is 10.2. The Morgan fingerprint density at radius 2 is 1.77 bits per heavy atom. The number of anilines is 1. The second-order valence-corrected chi connectivity index (χ2v) is 6.55. The highest BCUT2D eigenvalue weighted by molar-refractivity contribution is 14.0. The standard InChI is InChI=1S/C21H29N5O3.HI/c1-25(19-7-4-3-5-8-19)15-6-13-22-21(23-14-16-29-2)24-17-18-9-11-20(12-10-18)26(27)28;/h3-5,7-12H,6,13-17H2,1-2H3,(H2,22,23,24);1H. The van der Waals surface area contributed by atoms with Gasteiger partial charge in [-0.15, -0.1) is 24.0 Å². The first-order valence-corrected chi connectivity index (χ1v) is 9.61. The molecule has 30 heavy (non-hydrogen) atoms. The maximum Gasteiger partial charge on any atom is 0.269 e. The van der Waals surface area contributed by atoms with Crippen LogP contribution in [0.15, 0.2) is 59.6 Å². The summed E-state index contributed by atoms with van der Waals surface area (Å²) in [6.07, 6.45) is 0.952. The summed E-state index contributed by atoms with van der Waals surface area (Å²) < 4.78 is 5.08. The minimum Gasteiger partial charge on any atom is -0.383 e. The van der Waals surface area contributed by atoms with Gasteiger partial charge in [0.1, 0.15) is 0 Å². The average molecular weight is 527 g/mol. The Labute approximate surface area is 194 Å². The van der Waals surface area contributed by atoms with Crippen molar-refractivity contribution >= 4 is 41.3 Å². The molecule has 0 bridgehead atoms. The number of nitrogens with one attached hydrogen (secondary N) is 2. The predicted molar refractivity (Wildman–Crippen MR) is 132 cm³/mol. The van der Waals surface area contributed by atoms with Crippen LogP contribution >= 0.6 is 24.0 Å². The van der Waals surface area contributed by atoms with Gasteiger partial charge in [-0.1, -0.05) is 30.3 Å². The van der Waals surface area contributed by atoms with E-state index in [-0.39, 0.29) is 29.7 Å². The molecule has 0 radical (unpaired) electrons. The van der Waals surface area contributed by atoms with Crippen molar-refractivity contribution in [1.29, 1.82) is 0 Å². The van der Waals surface area contributed by atoms with Crippen LogP contribution in [0.3, 0.4) is 0 Å². The molecule has 9 heteroatoms. The number of guanidine groups is 1. The maximum atomic E-state index is 10.8. The number of non-ortho nitro benzene ring substituents is 1. The highest BCUT2D eigenvalue weighted by Crippen LogP contribution is 2.12. The molecule has 0 atom stereocenters. The van der Waals surface area contributed by atoms with Crippen LogP contribution in [0.4, 0.5) is 11.4 Å². The second-order valence-electron chi connectivity index (χ2n) is 6.55. The monoisotopic (exact) mass is 527 g/mol. The van der Waals surface area contributed by atoms with Gasteiger partial charge in [-0.2, -0.15) is 0 Å². The van der Waals surface area contributed by atoms with Gasteiger partial charge in [-0.25, -0.2) is 4.99 Å². The minimum atomic E-state index is -0.404. The molecule has 0 aliphatic rings. The minimum absolute atomic E-state index is 0. The van der Waals surface area contributed by atoms with Gasteiger partial charge in [0.25, 0.3) is 5.69 Å². The molecular formula is C21H30IN5O3. The molecule has 164 valence electrons. The summed E-state index contributed by atoms with van der Waals surface area (Å²) in [6, 6.07) is 16.7. The van der Waals surface area contributed by atoms with Crippen molar-refractivity contribution in [1.82, 2.24) is 10.6 Å². The molecule has 0 aliphatic heterocycles. The normalized spacial score (nSPS) is 10.8. The fraction of sp³-hybridized carbons (Fsp3) is 0.381. The molecule has 0 saturated heterocycles. The summed E-state index contributed by atoms with van der Waals surface area (Å²) in [5, 5.41) is 17.3. The first-order chi connectivity index (χ1) is 14.1. The summed E-state index contributed by atoms with van der Waals surface area (Å²) in [6.45, 7) is 3.35. The Bertz CT molecular complexity index is 772. The van der Waals surface area contributed by atoms with Gasteiger partial charge >= 0.3 is 0 Å². The molecule has 0 aromatic heterocycles. The number of aliphatic imine (C=N–C) groups is 1. The summed E-state index contributed by atoms with van der Waals surface area (Å²) in [4.78, 5) is 17.1. The van der Waals surface area contributed by atoms with E-state index in [9.17, 15) is 10.1 Å². The van der Waals surface area contributed by atoms with E-state index in [4.69, 9.17) is 4.74 Å². The zero-order valence-corrected chi connectivity index (χ0v) is 19.7. The molecule has 0 heterocycles. The van der Waals surface area contributed by atoms with Crippen LogP contribution < -0.4 is 15.5 Å². The topological polar surface area (TPSA) is 92.0 Å². The van der Waals surface area contributed by atoms with Crippen LogP contribution in [0.25, 0.3) is 0 Å². The van der Waals surface area contributed by atoms with E-state index in [1.807, 2.05) is 18.2 Å². The third-order valence-electron chi connectivity index (χ3n) is 4.33. The second kappa shape index (κ2) is 14.6. The molecule has 2 aromatic carbocycles. The zero-order chi connectivity index (χ0) is 20.9. The lowest BCUT2D eigenvalue weighted by Crippen LogP contribution is -2.40. The largest absolute Gasteiger partial charge is 0.383 e. The fourth-order valence-corrected chi connectivity index (χ4v) is 2.67. The highest BCUT2D eigenvalue weighted by atomic mass is 127. The molecule has 0 aliphatic carbocycles. The van der Waals surface area contributed by atoms with Crippen molar-refractivity contribution in [3.8, 4) is 0 Å². The number of ether oxygens (including phenoxy) is 1. The number of hydrogen-bond donors (Lipinski definition) is 2. The first kappa shape index (κ1) is 25.6. The summed E-state index contributed by atoms with van der Waals surface area (Å²) in [7, 11) is 3.73. The third kappa shape index (κ3) is 9.40.